The van der Waals surface area contributed by atoms with Gasteiger partial charge in [-0.3, -0.25) is 4.90 Å². The van der Waals surface area contributed by atoms with E-state index in [0.29, 0.717) is 11.7 Å². The van der Waals surface area contributed by atoms with E-state index >= 15 is 0 Å². The van der Waals surface area contributed by atoms with Gasteiger partial charge in [-0.1, -0.05) is 30.3 Å². The summed E-state index contributed by atoms with van der Waals surface area (Å²) >= 11 is 1.97. The summed E-state index contributed by atoms with van der Waals surface area (Å²) in [7, 11) is 0. The molecule has 0 spiro atoms. The summed E-state index contributed by atoms with van der Waals surface area (Å²) in [6.45, 7) is 2.42. The Hall–Kier alpha value is -2.09. The molecule has 0 aliphatic carbocycles. The monoisotopic (exact) mass is 397 g/mol. The Morgan fingerprint density at radius 2 is 2.07 bits per heavy atom. The van der Waals surface area contributed by atoms with Gasteiger partial charge in [-0.15, -0.1) is 0 Å². The number of hydrogen-bond donors (Lipinski definition) is 3. The van der Waals surface area contributed by atoms with Crippen molar-refractivity contribution in [2.45, 2.75) is 31.2 Å². The van der Waals surface area contributed by atoms with E-state index in [9.17, 15) is 5.11 Å². The predicted molar refractivity (Wildman–Crippen MR) is 115 cm³/mol. The summed E-state index contributed by atoms with van der Waals surface area (Å²) in [5.41, 5.74) is 10.1. The van der Waals surface area contributed by atoms with E-state index < -0.39 is 0 Å². The lowest BCUT2D eigenvalue weighted by Gasteiger charge is -2.15. The number of aliphatic hydroxyl groups is 1. The molecular formula is C21H27N5OS. The summed E-state index contributed by atoms with van der Waals surface area (Å²) in [6.07, 6.45) is 5.43. The number of H-pyrrole nitrogens is 1. The van der Waals surface area contributed by atoms with Gasteiger partial charge in [0.15, 0.2) is 5.82 Å². The molecule has 148 valence electrons. The van der Waals surface area contributed by atoms with Crippen LogP contribution in [0.4, 0.5) is 5.82 Å². The number of aliphatic hydroxyl groups excluding tert-OH is 1. The van der Waals surface area contributed by atoms with Crippen molar-refractivity contribution in [3.8, 4) is 0 Å². The van der Waals surface area contributed by atoms with Gasteiger partial charge in [0.2, 0.25) is 0 Å². The predicted octanol–water partition coefficient (Wildman–Crippen LogP) is 3.05. The number of fused-ring (bicyclic) bond motifs is 1. The minimum Gasteiger partial charge on any atom is -0.391 e. The van der Waals surface area contributed by atoms with Crippen LogP contribution < -0.4 is 5.73 Å². The number of nitrogens with one attached hydrogen (secondary N) is 1. The fourth-order valence-corrected chi connectivity index (χ4v) is 4.88. The van der Waals surface area contributed by atoms with Crippen molar-refractivity contribution in [3.05, 3.63) is 54.0 Å². The maximum absolute atomic E-state index is 10.5. The molecule has 0 saturated carbocycles. The standard InChI is InChI=1S/C21H27N5OS/c22-21-20-19(24-14-25-21)17(9-23-20)11-26-10-16(18(27)12-26)7-4-8-28-13-15-5-2-1-3-6-15/h1-3,5-6,9,14,16,18,23,27H,4,7-8,10-13H2,(H2,22,24,25)/t16-,18-/m0/s1. The average molecular weight is 398 g/mol. The van der Waals surface area contributed by atoms with Crippen molar-refractivity contribution >= 4 is 28.6 Å². The smallest absolute Gasteiger partial charge is 0.151 e. The van der Waals surface area contributed by atoms with Gasteiger partial charge in [0.25, 0.3) is 0 Å². The van der Waals surface area contributed by atoms with Crippen LogP contribution in [0.3, 0.4) is 0 Å². The molecule has 1 fully saturated rings. The second-order valence-electron chi connectivity index (χ2n) is 7.50. The zero-order valence-corrected chi connectivity index (χ0v) is 16.7. The molecule has 3 aromatic rings. The number of rotatable bonds is 8. The Balaban J connectivity index is 1.23. The molecule has 6 nitrogen and oxygen atoms in total. The largest absolute Gasteiger partial charge is 0.391 e. The molecule has 4 N–H and O–H groups in total. The number of β-amino-alcohol motifs (C(OH)–C–C–N with tert-alkyl or cyclic N) is 1. The van der Waals surface area contributed by atoms with Crippen LogP contribution in [-0.2, 0) is 12.3 Å². The summed E-state index contributed by atoms with van der Waals surface area (Å²) in [5, 5.41) is 10.5. The Kier molecular flexibility index (Phi) is 6.14. The van der Waals surface area contributed by atoms with Crippen molar-refractivity contribution in [1.82, 2.24) is 19.9 Å². The van der Waals surface area contributed by atoms with Gasteiger partial charge in [0, 0.05) is 37.1 Å². The van der Waals surface area contributed by atoms with E-state index in [1.54, 1.807) is 0 Å². The van der Waals surface area contributed by atoms with E-state index in [-0.39, 0.29) is 6.10 Å². The number of aromatic nitrogens is 3. The van der Waals surface area contributed by atoms with Gasteiger partial charge in [-0.2, -0.15) is 11.8 Å². The Morgan fingerprint density at radius 3 is 2.93 bits per heavy atom. The molecule has 7 heteroatoms. The molecule has 2 atom stereocenters. The van der Waals surface area contributed by atoms with Gasteiger partial charge in [0.05, 0.1) is 11.6 Å². The highest BCUT2D eigenvalue weighted by atomic mass is 32.2. The van der Waals surface area contributed by atoms with Crippen LogP contribution in [0.1, 0.15) is 24.0 Å². The number of anilines is 1. The number of nitrogens with two attached hydrogens (primary N) is 1. The van der Waals surface area contributed by atoms with Crippen molar-refractivity contribution < 1.29 is 5.11 Å². The number of nitrogens with zero attached hydrogens (tertiary/aromatic N) is 3. The number of aromatic amines is 1. The molecule has 0 radical (unpaired) electrons. The van der Waals surface area contributed by atoms with Crippen molar-refractivity contribution in [2.24, 2.45) is 5.92 Å². The molecule has 28 heavy (non-hydrogen) atoms. The second-order valence-corrected chi connectivity index (χ2v) is 8.60. The minimum absolute atomic E-state index is 0.246. The van der Waals surface area contributed by atoms with Gasteiger partial charge in [-0.25, -0.2) is 9.97 Å². The van der Waals surface area contributed by atoms with E-state index in [1.165, 1.54) is 11.9 Å². The lowest BCUT2D eigenvalue weighted by Crippen LogP contribution is -2.21. The van der Waals surface area contributed by atoms with Gasteiger partial charge in [-0.05, 0) is 30.1 Å². The molecule has 0 unspecified atom stereocenters. The normalized spacial score (nSPS) is 20.2. The quantitative estimate of drug-likeness (QED) is 0.506. The van der Waals surface area contributed by atoms with Crippen LogP contribution in [-0.4, -0.2) is 49.9 Å². The maximum atomic E-state index is 10.5. The SMILES string of the molecule is Nc1ncnc2c(CN3C[C@H](CCCSCc4ccccc4)[C@@H](O)C3)c[nH]c12. The van der Waals surface area contributed by atoms with Crippen LogP contribution in [0.25, 0.3) is 11.0 Å². The first-order chi connectivity index (χ1) is 13.7. The van der Waals surface area contributed by atoms with Crippen molar-refractivity contribution in [2.75, 3.05) is 24.6 Å². The Labute approximate surface area is 169 Å². The maximum Gasteiger partial charge on any atom is 0.151 e. The highest BCUT2D eigenvalue weighted by Gasteiger charge is 2.31. The van der Waals surface area contributed by atoms with E-state index in [1.807, 2.05) is 18.0 Å². The number of nitrogen functional groups attached to an aromatic ring is 1. The first-order valence-electron chi connectivity index (χ1n) is 9.79. The van der Waals surface area contributed by atoms with Crippen LogP contribution in [0, 0.1) is 5.92 Å². The molecular weight excluding hydrogens is 370 g/mol. The average Bonchev–Trinajstić information content (AvgIpc) is 3.27. The topological polar surface area (TPSA) is 91.1 Å². The Morgan fingerprint density at radius 1 is 1.21 bits per heavy atom. The summed E-state index contributed by atoms with van der Waals surface area (Å²) in [5.74, 6) is 3.02. The molecule has 1 aliphatic rings. The van der Waals surface area contributed by atoms with Crippen LogP contribution in [0.5, 0.6) is 0 Å². The van der Waals surface area contributed by atoms with Gasteiger partial charge >= 0.3 is 0 Å². The lowest BCUT2D eigenvalue weighted by atomic mass is 10.0. The Bertz CT molecular complexity index is 900. The lowest BCUT2D eigenvalue weighted by molar-refractivity contribution is 0.137. The minimum atomic E-state index is -0.246. The molecule has 0 amide bonds. The zero-order chi connectivity index (χ0) is 19.3. The first kappa shape index (κ1) is 19.2. The molecule has 3 heterocycles. The number of hydrogen-bond acceptors (Lipinski definition) is 6. The highest BCUT2D eigenvalue weighted by Crippen LogP contribution is 2.27. The summed E-state index contributed by atoms with van der Waals surface area (Å²) in [4.78, 5) is 13.9. The number of thioether (sulfide) groups is 1. The van der Waals surface area contributed by atoms with Crippen molar-refractivity contribution in [1.29, 1.82) is 0 Å². The van der Waals surface area contributed by atoms with Gasteiger partial charge in [0.1, 0.15) is 11.8 Å². The van der Waals surface area contributed by atoms with Crippen LogP contribution in [0.15, 0.2) is 42.9 Å². The van der Waals surface area contributed by atoms with Crippen LogP contribution in [0.2, 0.25) is 0 Å². The zero-order valence-electron chi connectivity index (χ0n) is 15.9. The van der Waals surface area contributed by atoms with Crippen LogP contribution >= 0.6 is 11.8 Å². The third-order valence-electron chi connectivity index (χ3n) is 5.42. The first-order valence-corrected chi connectivity index (χ1v) is 10.9. The molecule has 1 saturated heterocycles. The van der Waals surface area contributed by atoms with E-state index in [2.05, 4.69) is 50.2 Å². The number of likely N-dealkylation sites (tertiary alicyclic amines) is 1. The number of benzene rings is 1. The highest BCUT2D eigenvalue weighted by molar-refractivity contribution is 7.98. The molecule has 4 rings (SSSR count). The third-order valence-corrected chi connectivity index (χ3v) is 6.54. The summed E-state index contributed by atoms with van der Waals surface area (Å²) < 4.78 is 0. The van der Waals surface area contributed by atoms with E-state index in [4.69, 9.17) is 5.73 Å². The summed E-state index contributed by atoms with van der Waals surface area (Å²) in [6, 6.07) is 10.6. The molecule has 0 bridgehead atoms. The fraction of sp³-hybridized carbons (Fsp3) is 0.429. The molecule has 1 aliphatic heterocycles. The third kappa shape index (κ3) is 4.48. The van der Waals surface area contributed by atoms with Crippen molar-refractivity contribution in [3.63, 3.8) is 0 Å². The molecule has 1 aromatic carbocycles. The van der Waals surface area contributed by atoms with E-state index in [0.717, 1.165) is 60.6 Å². The van der Waals surface area contributed by atoms with Gasteiger partial charge < -0.3 is 15.8 Å². The fourth-order valence-electron chi connectivity index (χ4n) is 3.94. The molecule has 2 aromatic heterocycles. The second kappa shape index (κ2) is 8.94.